The first-order valence-electron chi connectivity index (χ1n) is 9.40. The first-order valence-corrected chi connectivity index (χ1v) is 9.40. The van der Waals surface area contributed by atoms with E-state index >= 15 is 0 Å². The predicted octanol–water partition coefficient (Wildman–Crippen LogP) is 4.54. The number of para-hydroxylation sites is 2. The number of rotatable bonds is 9. The van der Waals surface area contributed by atoms with E-state index in [0.717, 1.165) is 33.9 Å². The Kier molecular flexibility index (Phi) is 6.74. The second-order valence-electron chi connectivity index (χ2n) is 6.72. The largest absolute Gasteiger partial charge is 0.496 e. The number of ether oxygens (including phenoxy) is 2. The molecule has 3 aromatic carbocycles. The van der Waals surface area contributed by atoms with Crippen LogP contribution < -0.4 is 14.4 Å². The molecule has 3 rings (SSSR count). The van der Waals surface area contributed by atoms with Crippen LogP contribution in [-0.2, 0) is 24.3 Å². The SMILES string of the molecule is COc1ccccc1CN(Cc1ccccc1OC)c1ccc(CC(=O)O)cc1. The smallest absolute Gasteiger partial charge is 0.307 e. The van der Waals surface area contributed by atoms with Gasteiger partial charge in [-0.1, -0.05) is 48.5 Å². The molecular formula is C24H25NO4. The van der Waals surface area contributed by atoms with Gasteiger partial charge < -0.3 is 19.5 Å². The number of methoxy groups -OCH3 is 2. The fraction of sp³-hybridized carbons (Fsp3) is 0.208. The van der Waals surface area contributed by atoms with Crippen molar-refractivity contribution >= 4 is 11.7 Å². The predicted molar refractivity (Wildman–Crippen MR) is 114 cm³/mol. The topological polar surface area (TPSA) is 59.0 Å². The molecule has 0 saturated carbocycles. The van der Waals surface area contributed by atoms with E-state index < -0.39 is 5.97 Å². The van der Waals surface area contributed by atoms with E-state index in [1.54, 1.807) is 14.2 Å². The Morgan fingerprint density at radius 2 is 1.28 bits per heavy atom. The molecule has 29 heavy (non-hydrogen) atoms. The normalized spacial score (nSPS) is 10.4. The molecule has 0 spiro atoms. The Morgan fingerprint density at radius 1 is 0.793 bits per heavy atom. The lowest BCUT2D eigenvalue weighted by molar-refractivity contribution is -0.136. The maximum Gasteiger partial charge on any atom is 0.307 e. The van der Waals surface area contributed by atoms with Gasteiger partial charge in [-0.25, -0.2) is 0 Å². The third kappa shape index (κ3) is 5.29. The first kappa shape index (κ1) is 20.3. The summed E-state index contributed by atoms with van der Waals surface area (Å²) in [5.41, 5.74) is 3.91. The number of carboxylic acid groups (broad SMARTS) is 1. The highest BCUT2D eigenvalue weighted by molar-refractivity contribution is 5.70. The van der Waals surface area contributed by atoms with Crippen LogP contribution in [0, 0.1) is 0 Å². The van der Waals surface area contributed by atoms with Crippen molar-refractivity contribution in [3.8, 4) is 11.5 Å². The highest BCUT2D eigenvalue weighted by Gasteiger charge is 2.14. The summed E-state index contributed by atoms with van der Waals surface area (Å²) in [4.78, 5) is 13.2. The van der Waals surface area contributed by atoms with E-state index in [0.29, 0.717) is 13.1 Å². The van der Waals surface area contributed by atoms with Crippen molar-refractivity contribution < 1.29 is 19.4 Å². The molecule has 3 aromatic rings. The Balaban J connectivity index is 1.93. The van der Waals surface area contributed by atoms with E-state index in [9.17, 15) is 4.79 Å². The van der Waals surface area contributed by atoms with E-state index in [2.05, 4.69) is 4.90 Å². The summed E-state index contributed by atoms with van der Waals surface area (Å²) in [7, 11) is 3.34. The van der Waals surface area contributed by atoms with Gasteiger partial charge in [0.05, 0.1) is 20.6 Å². The molecule has 5 heteroatoms. The molecule has 5 nitrogen and oxygen atoms in total. The maximum absolute atomic E-state index is 11.0. The fourth-order valence-electron chi connectivity index (χ4n) is 3.32. The van der Waals surface area contributed by atoms with Gasteiger partial charge in [-0.05, 0) is 29.8 Å². The van der Waals surface area contributed by atoms with Gasteiger partial charge in [-0.3, -0.25) is 4.79 Å². The standard InChI is InChI=1S/C24H25NO4/c1-28-22-9-5-3-7-19(22)16-25(17-20-8-4-6-10-23(20)29-2)21-13-11-18(12-14-21)15-24(26)27/h3-14H,15-17H2,1-2H3,(H,26,27). The average Bonchev–Trinajstić information content (AvgIpc) is 2.74. The molecule has 0 atom stereocenters. The van der Waals surface area contributed by atoms with E-state index in [4.69, 9.17) is 14.6 Å². The van der Waals surface area contributed by atoms with Gasteiger partial charge >= 0.3 is 5.97 Å². The minimum atomic E-state index is -0.836. The summed E-state index contributed by atoms with van der Waals surface area (Å²) < 4.78 is 11.0. The Morgan fingerprint density at radius 3 is 1.72 bits per heavy atom. The average molecular weight is 391 g/mol. The molecule has 1 N–H and O–H groups in total. The minimum absolute atomic E-state index is 0.0132. The number of anilines is 1. The molecule has 0 fully saturated rings. The van der Waals surface area contributed by atoms with Crippen molar-refractivity contribution in [2.24, 2.45) is 0 Å². The molecule has 0 saturated heterocycles. The van der Waals surface area contributed by atoms with Gasteiger partial charge in [0.15, 0.2) is 0 Å². The summed E-state index contributed by atoms with van der Waals surface area (Å²) in [5.74, 6) is 0.831. The van der Waals surface area contributed by atoms with Crippen molar-refractivity contribution in [2.45, 2.75) is 19.5 Å². The Hall–Kier alpha value is -3.47. The third-order valence-corrected chi connectivity index (χ3v) is 4.76. The van der Waals surface area contributed by atoms with Gasteiger partial charge in [0.1, 0.15) is 11.5 Å². The van der Waals surface area contributed by atoms with Crippen LogP contribution in [0.1, 0.15) is 16.7 Å². The van der Waals surface area contributed by atoms with Crippen LogP contribution in [0.5, 0.6) is 11.5 Å². The summed E-state index contributed by atoms with van der Waals surface area (Å²) in [6, 6.07) is 23.5. The lowest BCUT2D eigenvalue weighted by Crippen LogP contribution is -2.23. The third-order valence-electron chi connectivity index (χ3n) is 4.76. The monoisotopic (exact) mass is 391 g/mol. The van der Waals surface area contributed by atoms with Crippen LogP contribution in [0.2, 0.25) is 0 Å². The Labute approximate surface area is 171 Å². The number of carbonyl (C=O) groups is 1. The van der Waals surface area contributed by atoms with Crippen LogP contribution in [0.25, 0.3) is 0 Å². The fourth-order valence-corrected chi connectivity index (χ4v) is 3.32. The van der Waals surface area contributed by atoms with Gasteiger partial charge in [0.25, 0.3) is 0 Å². The highest BCUT2D eigenvalue weighted by atomic mass is 16.5. The minimum Gasteiger partial charge on any atom is -0.496 e. The van der Waals surface area contributed by atoms with E-state index in [-0.39, 0.29) is 6.42 Å². The number of benzene rings is 3. The highest BCUT2D eigenvalue weighted by Crippen LogP contribution is 2.28. The molecule has 0 aliphatic heterocycles. The zero-order valence-corrected chi connectivity index (χ0v) is 16.7. The quantitative estimate of drug-likeness (QED) is 0.580. The van der Waals surface area contributed by atoms with Crippen molar-refractivity contribution in [2.75, 3.05) is 19.1 Å². The zero-order valence-electron chi connectivity index (χ0n) is 16.7. The summed E-state index contributed by atoms with van der Waals surface area (Å²) in [6.07, 6.45) is 0.0132. The summed E-state index contributed by atoms with van der Waals surface area (Å²) in [6.45, 7) is 1.28. The maximum atomic E-state index is 11.0. The van der Waals surface area contributed by atoms with Crippen molar-refractivity contribution in [3.05, 3.63) is 89.5 Å². The lowest BCUT2D eigenvalue weighted by atomic mass is 10.1. The van der Waals surface area contributed by atoms with Gasteiger partial charge in [-0.15, -0.1) is 0 Å². The molecular weight excluding hydrogens is 366 g/mol. The number of hydrogen-bond donors (Lipinski definition) is 1. The second-order valence-corrected chi connectivity index (χ2v) is 6.72. The molecule has 0 heterocycles. The molecule has 0 amide bonds. The molecule has 0 aliphatic carbocycles. The van der Waals surface area contributed by atoms with Gasteiger partial charge in [0, 0.05) is 29.9 Å². The van der Waals surface area contributed by atoms with E-state index in [1.807, 2.05) is 72.8 Å². The van der Waals surface area contributed by atoms with Crippen LogP contribution in [-0.4, -0.2) is 25.3 Å². The van der Waals surface area contributed by atoms with Crippen molar-refractivity contribution in [3.63, 3.8) is 0 Å². The van der Waals surface area contributed by atoms with Crippen LogP contribution in [0.15, 0.2) is 72.8 Å². The number of aliphatic carboxylic acids is 1. The van der Waals surface area contributed by atoms with Crippen LogP contribution in [0.3, 0.4) is 0 Å². The second kappa shape index (κ2) is 9.64. The Bertz CT molecular complexity index is 904. The van der Waals surface area contributed by atoms with Crippen molar-refractivity contribution in [1.29, 1.82) is 0 Å². The van der Waals surface area contributed by atoms with E-state index in [1.165, 1.54) is 0 Å². The molecule has 0 bridgehead atoms. The summed E-state index contributed by atoms with van der Waals surface area (Å²) in [5, 5.41) is 9.01. The number of carboxylic acids is 1. The van der Waals surface area contributed by atoms with Crippen LogP contribution >= 0.6 is 0 Å². The molecule has 0 aliphatic rings. The molecule has 0 unspecified atom stereocenters. The van der Waals surface area contributed by atoms with Crippen molar-refractivity contribution in [1.82, 2.24) is 0 Å². The van der Waals surface area contributed by atoms with Gasteiger partial charge in [-0.2, -0.15) is 0 Å². The molecule has 0 aromatic heterocycles. The lowest BCUT2D eigenvalue weighted by Gasteiger charge is -2.27. The molecule has 150 valence electrons. The zero-order chi connectivity index (χ0) is 20.6. The van der Waals surface area contributed by atoms with Crippen LogP contribution in [0.4, 0.5) is 5.69 Å². The number of hydrogen-bond acceptors (Lipinski definition) is 4. The summed E-state index contributed by atoms with van der Waals surface area (Å²) >= 11 is 0. The van der Waals surface area contributed by atoms with Gasteiger partial charge in [0.2, 0.25) is 0 Å². The first-order chi connectivity index (χ1) is 14.1. The molecule has 0 radical (unpaired) electrons. The number of nitrogens with zero attached hydrogens (tertiary/aromatic N) is 1.